The number of carbonyl (C=O) groups is 1. The maximum Gasteiger partial charge on any atom is 0.344 e. The van der Waals surface area contributed by atoms with Gasteiger partial charge in [-0.15, -0.1) is 5.10 Å². The number of hydrogen-bond donors (Lipinski definition) is 1. The zero-order valence-electron chi connectivity index (χ0n) is 13.4. The molecule has 1 unspecified atom stereocenters. The average molecular weight is 344 g/mol. The quantitative estimate of drug-likeness (QED) is 0.757. The summed E-state index contributed by atoms with van der Waals surface area (Å²) in [5.41, 5.74) is 3.11. The van der Waals surface area contributed by atoms with Crippen LogP contribution in [0.15, 0.2) is 41.3 Å². The SMILES string of the molecule is O=C(O)C(CCC1=CCCCC1)Oc1ccc(-c2csnn2)cc1. The highest BCUT2D eigenvalue weighted by molar-refractivity contribution is 7.03. The summed E-state index contributed by atoms with van der Waals surface area (Å²) in [7, 11) is 0. The van der Waals surface area contributed by atoms with E-state index < -0.39 is 12.1 Å². The number of carboxylic acids is 1. The van der Waals surface area contributed by atoms with Crippen molar-refractivity contribution < 1.29 is 14.6 Å². The standard InChI is InChI=1S/C18H20N2O3S/c21-18(22)17(11-6-13-4-2-1-3-5-13)23-15-9-7-14(8-10-15)16-12-24-20-19-16/h4,7-10,12,17H,1-3,5-6,11H2,(H,21,22). The molecule has 1 aromatic heterocycles. The lowest BCUT2D eigenvalue weighted by molar-refractivity contribution is -0.145. The molecule has 126 valence electrons. The van der Waals surface area contributed by atoms with Gasteiger partial charge < -0.3 is 9.84 Å². The first-order chi connectivity index (χ1) is 11.7. The summed E-state index contributed by atoms with van der Waals surface area (Å²) in [4.78, 5) is 11.5. The monoisotopic (exact) mass is 344 g/mol. The first kappa shape index (κ1) is 16.6. The predicted octanol–water partition coefficient (Wildman–Crippen LogP) is 4.32. The van der Waals surface area contributed by atoms with Crippen molar-refractivity contribution in [2.45, 2.75) is 44.6 Å². The van der Waals surface area contributed by atoms with Crippen molar-refractivity contribution in [2.75, 3.05) is 0 Å². The average Bonchev–Trinajstić information content (AvgIpc) is 3.14. The Hall–Kier alpha value is -2.21. The van der Waals surface area contributed by atoms with E-state index in [9.17, 15) is 9.90 Å². The van der Waals surface area contributed by atoms with E-state index in [4.69, 9.17) is 4.74 Å². The third kappa shape index (κ3) is 4.41. The number of aliphatic carboxylic acids is 1. The summed E-state index contributed by atoms with van der Waals surface area (Å²) in [5.74, 6) is -0.355. The van der Waals surface area contributed by atoms with Gasteiger partial charge in [0.05, 0.1) is 0 Å². The highest BCUT2D eigenvalue weighted by Crippen LogP contribution is 2.25. The Bertz CT molecular complexity index is 696. The molecule has 1 N–H and O–H groups in total. The molecule has 0 amide bonds. The third-order valence-electron chi connectivity index (χ3n) is 4.18. The molecular weight excluding hydrogens is 324 g/mol. The molecule has 24 heavy (non-hydrogen) atoms. The number of nitrogens with zero attached hydrogens (tertiary/aromatic N) is 2. The third-order valence-corrected chi connectivity index (χ3v) is 4.68. The van der Waals surface area contributed by atoms with Gasteiger partial charge in [-0.1, -0.05) is 16.1 Å². The molecule has 3 rings (SSSR count). The van der Waals surface area contributed by atoms with E-state index in [0.717, 1.165) is 30.5 Å². The van der Waals surface area contributed by atoms with E-state index in [1.54, 1.807) is 12.1 Å². The Morgan fingerprint density at radius 2 is 2.12 bits per heavy atom. The summed E-state index contributed by atoms with van der Waals surface area (Å²) >= 11 is 1.30. The molecule has 1 heterocycles. The van der Waals surface area contributed by atoms with E-state index >= 15 is 0 Å². The van der Waals surface area contributed by atoms with Crippen LogP contribution in [0, 0.1) is 0 Å². The van der Waals surface area contributed by atoms with Crippen LogP contribution >= 0.6 is 11.5 Å². The van der Waals surface area contributed by atoms with Crippen LogP contribution in [0.4, 0.5) is 0 Å². The molecule has 0 fully saturated rings. The maximum atomic E-state index is 11.5. The van der Waals surface area contributed by atoms with Crippen LogP contribution < -0.4 is 4.74 Å². The molecule has 1 aromatic carbocycles. The smallest absolute Gasteiger partial charge is 0.344 e. The fourth-order valence-electron chi connectivity index (χ4n) is 2.84. The van der Waals surface area contributed by atoms with Crippen LogP contribution in [-0.4, -0.2) is 26.8 Å². The van der Waals surface area contributed by atoms with Crippen molar-refractivity contribution in [3.05, 3.63) is 41.3 Å². The van der Waals surface area contributed by atoms with Crippen LogP contribution in [0.1, 0.15) is 38.5 Å². The zero-order valence-corrected chi connectivity index (χ0v) is 14.2. The van der Waals surface area contributed by atoms with E-state index in [0.29, 0.717) is 12.2 Å². The van der Waals surface area contributed by atoms with Crippen LogP contribution in [0.25, 0.3) is 11.3 Å². The summed E-state index contributed by atoms with van der Waals surface area (Å²) in [6, 6.07) is 7.30. The highest BCUT2D eigenvalue weighted by atomic mass is 32.1. The van der Waals surface area contributed by atoms with Gasteiger partial charge in [-0.2, -0.15) is 0 Å². The van der Waals surface area contributed by atoms with Crippen molar-refractivity contribution >= 4 is 17.5 Å². The van der Waals surface area contributed by atoms with Crippen molar-refractivity contribution in [1.29, 1.82) is 0 Å². The van der Waals surface area contributed by atoms with Gasteiger partial charge in [-0.05, 0) is 74.3 Å². The van der Waals surface area contributed by atoms with Crippen LogP contribution in [0.3, 0.4) is 0 Å². The number of rotatable bonds is 7. The molecular formula is C18H20N2O3S. The summed E-state index contributed by atoms with van der Waals surface area (Å²) in [6.07, 6.45) is 7.36. The lowest BCUT2D eigenvalue weighted by atomic mass is 9.95. The summed E-state index contributed by atoms with van der Waals surface area (Å²) in [6.45, 7) is 0. The molecule has 0 saturated heterocycles. The second-order valence-electron chi connectivity index (χ2n) is 5.91. The Morgan fingerprint density at radius 3 is 2.75 bits per heavy atom. The maximum absolute atomic E-state index is 11.5. The minimum absolute atomic E-state index is 0.499. The number of ether oxygens (including phenoxy) is 1. The van der Waals surface area contributed by atoms with Gasteiger partial charge in [0.2, 0.25) is 0 Å². The number of benzene rings is 1. The number of carboxylic acid groups (broad SMARTS) is 1. The topological polar surface area (TPSA) is 72.3 Å². The minimum Gasteiger partial charge on any atom is -0.479 e. The number of allylic oxidation sites excluding steroid dienone is 2. The normalized spacial score (nSPS) is 15.6. The van der Waals surface area contributed by atoms with Gasteiger partial charge in [0.25, 0.3) is 0 Å². The summed E-state index contributed by atoms with van der Waals surface area (Å²) in [5, 5.41) is 15.3. The first-order valence-electron chi connectivity index (χ1n) is 8.17. The Morgan fingerprint density at radius 1 is 1.29 bits per heavy atom. The lowest BCUT2D eigenvalue weighted by Gasteiger charge is -2.18. The van der Waals surface area contributed by atoms with E-state index in [1.165, 1.54) is 29.9 Å². The molecule has 0 spiro atoms. The van der Waals surface area contributed by atoms with Crippen molar-refractivity contribution in [1.82, 2.24) is 9.59 Å². The van der Waals surface area contributed by atoms with Gasteiger partial charge in [-0.3, -0.25) is 0 Å². The molecule has 0 bridgehead atoms. The molecule has 5 nitrogen and oxygen atoms in total. The van der Waals surface area contributed by atoms with E-state index in [2.05, 4.69) is 15.7 Å². The Balaban J connectivity index is 1.60. The first-order valence-corrected chi connectivity index (χ1v) is 9.01. The second-order valence-corrected chi connectivity index (χ2v) is 6.52. The second kappa shape index (κ2) is 8.06. The van der Waals surface area contributed by atoms with E-state index in [-0.39, 0.29) is 0 Å². The molecule has 1 atom stereocenters. The van der Waals surface area contributed by atoms with Gasteiger partial charge in [0, 0.05) is 10.9 Å². The molecule has 6 heteroatoms. The number of hydrogen-bond acceptors (Lipinski definition) is 5. The van der Waals surface area contributed by atoms with Gasteiger partial charge in [0.15, 0.2) is 6.10 Å². The highest BCUT2D eigenvalue weighted by Gasteiger charge is 2.20. The fourth-order valence-corrected chi connectivity index (χ4v) is 3.31. The Kier molecular flexibility index (Phi) is 5.59. The summed E-state index contributed by atoms with van der Waals surface area (Å²) < 4.78 is 9.52. The minimum atomic E-state index is -0.917. The molecule has 1 aliphatic rings. The van der Waals surface area contributed by atoms with Crippen molar-refractivity contribution in [3.8, 4) is 17.0 Å². The molecule has 0 saturated carbocycles. The van der Waals surface area contributed by atoms with E-state index in [1.807, 2.05) is 17.5 Å². The fraction of sp³-hybridized carbons (Fsp3) is 0.389. The zero-order chi connectivity index (χ0) is 16.8. The van der Waals surface area contributed by atoms with Crippen LogP contribution in [-0.2, 0) is 4.79 Å². The Labute approximate surface area is 145 Å². The largest absolute Gasteiger partial charge is 0.479 e. The molecule has 0 aliphatic heterocycles. The lowest BCUT2D eigenvalue weighted by Crippen LogP contribution is -2.27. The molecule has 1 aliphatic carbocycles. The van der Waals surface area contributed by atoms with Crippen molar-refractivity contribution in [2.24, 2.45) is 0 Å². The number of aromatic nitrogens is 2. The van der Waals surface area contributed by atoms with Crippen LogP contribution in [0.5, 0.6) is 5.75 Å². The van der Waals surface area contributed by atoms with Gasteiger partial charge in [0.1, 0.15) is 11.4 Å². The van der Waals surface area contributed by atoms with Crippen LogP contribution in [0.2, 0.25) is 0 Å². The van der Waals surface area contributed by atoms with Gasteiger partial charge >= 0.3 is 5.97 Å². The van der Waals surface area contributed by atoms with Crippen molar-refractivity contribution in [3.63, 3.8) is 0 Å². The predicted molar refractivity (Wildman–Crippen MR) is 93.2 cm³/mol. The molecule has 2 aromatic rings. The molecule has 0 radical (unpaired) electrons. The van der Waals surface area contributed by atoms with Gasteiger partial charge in [-0.25, -0.2) is 4.79 Å².